The van der Waals surface area contributed by atoms with Crippen molar-refractivity contribution in [2.75, 3.05) is 14.2 Å². The number of hydrogen-bond donors (Lipinski definition) is 2. The van der Waals surface area contributed by atoms with Crippen molar-refractivity contribution in [1.82, 2.24) is 10.2 Å². The number of nitrogens with one attached hydrogen (secondary N) is 1. The largest absolute Gasteiger partial charge is 0.400 e. The number of halogens is 2. The second kappa shape index (κ2) is 14.1. The molecule has 0 bridgehead atoms. The average molecular weight is 580 g/mol. The van der Waals surface area contributed by atoms with Crippen molar-refractivity contribution in [1.29, 1.82) is 0 Å². The molecule has 0 fully saturated rings. The van der Waals surface area contributed by atoms with E-state index in [2.05, 4.69) is 21.2 Å². The summed E-state index contributed by atoms with van der Waals surface area (Å²) in [6.45, 7) is 0. The third-order valence-corrected chi connectivity index (χ3v) is 7.26. The fourth-order valence-electron chi connectivity index (χ4n) is 3.08. The van der Waals surface area contributed by atoms with Gasteiger partial charge in [0.25, 0.3) is 5.91 Å². The van der Waals surface area contributed by atoms with Crippen LogP contribution < -0.4 is 5.32 Å². The Morgan fingerprint density at radius 3 is 2.53 bits per heavy atom. The first-order chi connectivity index (χ1) is 16.4. The van der Waals surface area contributed by atoms with Crippen LogP contribution in [0.15, 0.2) is 70.8 Å². The predicted octanol–water partition coefficient (Wildman–Crippen LogP) is 5.60. The van der Waals surface area contributed by atoms with E-state index in [1.165, 1.54) is 21.7 Å². The van der Waals surface area contributed by atoms with Gasteiger partial charge < -0.3 is 20.1 Å². The molecule has 0 spiro atoms. The molecule has 0 saturated heterocycles. The van der Waals surface area contributed by atoms with Gasteiger partial charge in [0, 0.05) is 28.4 Å². The van der Waals surface area contributed by atoms with Crippen molar-refractivity contribution in [3.63, 3.8) is 0 Å². The highest BCUT2D eigenvalue weighted by Crippen LogP contribution is 2.33. The Morgan fingerprint density at radius 2 is 1.91 bits per heavy atom. The summed E-state index contributed by atoms with van der Waals surface area (Å²) in [5.74, 6) is -0.319. The van der Waals surface area contributed by atoms with Crippen LogP contribution in [0, 0.1) is 0 Å². The molecule has 1 atom stereocenters. The summed E-state index contributed by atoms with van der Waals surface area (Å²) in [7, 11) is 2.62. The highest BCUT2D eigenvalue weighted by Gasteiger charge is 2.23. The first kappa shape index (κ1) is 27.9. The predicted molar refractivity (Wildman–Crippen MR) is 148 cm³/mol. The molecule has 34 heavy (non-hydrogen) atoms. The fraction of sp³-hybridized carbons (Fsp3) is 0.160. The third kappa shape index (κ3) is 7.58. The van der Waals surface area contributed by atoms with E-state index in [0.717, 1.165) is 38.7 Å². The number of aldehydes is 1. The van der Waals surface area contributed by atoms with Gasteiger partial charge in [0.15, 0.2) is 0 Å². The minimum absolute atomic E-state index is 0.296. The standard InChI is InChI=1S/C24H20BrClN2O2S2.CH4O/c1-28(18(14-29)11-16-5-3-2-4-6-16)24(30)22(27-15-31)13-19-8-10-23(32-19)17-7-9-20(25)21(26)12-17;1-2/h2-10,12-15,18H,11H2,1H3,(H,27,31);2H,1H3/b22-13+;. The molecule has 0 radical (unpaired) electrons. The number of aliphatic hydroxyl groups is 1. The van der Waals surface area contributed by atoms with Gasteiger partial charge in [-0.3, -0.25) is 4.79 Å². The van der Waals surface area contributed by atoms with E-state index in [1.54, 1.807) is 13.1 Å². The summed E-state index contributed by atoms with van der Waals surface area (Å²) >= 11 is 16.1. The molecule has 2 aromatic carbocycles. The molecule has 1 heterocycles. The van der Waals surface area contributed by atoms with Crippen LogP contribution in [0.3, 0.4) is 0 Å². The second-order valence-corrected chi connectivity index (χ2v) is 9.57. The summed E-state index contributed by atoms with van der Waals surface area (Å²) in [6, 6.07) is 18.7. The van der Waals surface area contributed by atoms with Gasteiger partial charge in [-0.2, -0.15) is 0 Å². The summed E-state index contributed by atoms with van der Waals surface area (Å²) in [4.78, 5) is 28.2. The first-order valence-corrected chi connectivity index (χ1v) is 12.6. The number of carbonyl (C=O) groups excluding carboxylic acids is 2. The van der Waals surface area contributed by atoms with E-state index in [0.29, 0.717) is 17.1 Å². The second-order valence-electron chi connectivity index (χ2n) is 6.96. The van der Waals surface area contributed by atoms with Gasteiger partial charge in [-0.25, -0.2) is 0 Å². The molecule has 0 aliphatic rings. The molecule has 178 valence electrons. The highest BCUT2D eigenvalue weighted by atomic mass is 79.9. The van der Waals surface area contributed by atoms with Crippen molar-refractivity contribution in [2.45, 2.75) is 12.5 Å². The number of benzene rings is 2. The minimum atomic E-state index is -0.593. The van der Waals surface area contributed by atoms with E-state index >= 15 is 0 Å². The van der Waals surface area contributed by atoms with Crippen LogP contribution in [-0.4, -0.2) is 47.9 Å². The molecule has 3 aromatic rings. The lowest BCUT2D eigenvalue weighted by molar-refractivity contribution is -0.131. The number of aliphatic hydroxyl groups excluding tert-OH is 1. The van der Waals surface area contributed by atoms with Crippen molar-refractivity contribution in [2.24, 2.45) is 0 Å². The van der Waals surface area contributed by atoms with Gasteiger partial charge in [0.1, 0.15) is 12.0 Å². The normalized spacial score (nSPS) is 11.6. The number of thiophene rings is 1. The molecular formula is C25H24BrClN2O3S2. The Hall–Kier alpha value is -2.36. The maximum absolute atomic E-state index is 13.1. The summed E-state index contributed by atoms with van der Waals surface area (Å²) in [6.07, 6.45) is 2.96. The molecule has 1 aromatic heterocycles. The van der Waals surface area contributed by atoms with E-state index < -0.39 is 6.04 Å². The van der Waals surface area contributed by atoms with Crippen LogP contribution in [0.5, 0.6) is 0 Å². The summed E-state index contributed by atoms with van der Waals surface area (Å²) < 4.78 is 0.834. The maximum Gasteiger partial charge on any atom is 0.270 e. The molecule has 9 heteroatoms. The maximum atomic E-state index is 13.1. The molecule has 0 aliphatic carbocycles. The van der Waals surface area contributed by atoms with Crippen molar-refractivity contribution >= 4 is 74.8 Å². The Labute approximate surface area is 222 Å². The zero-order chi connectivity index (χ0) is 25.1. The van der Waals surface area contributed by atoms with Gasteiger partial charge >= 0.3 is 0 Å². The monoisotopic (exact) mass is 578 g/mol. The van der Waals surface area contributed by atoms with E-state index in [1.807, 2.05) is 60.7 Å². The van der Waals surface area contributed by atoms with Gasteiger partial charge in [-0.05, 0) is 63.8 Å². The van der Waals surface area contributed by atoms with Gasteiger partial charge in [0.2, 0.25) is 0 Å². The van der Waals surface area contributed by atoms with Crippen LogP contribution in [0.25, 0.3) is 16.5 Å². The van der Waals surface area contributed by atoms with E-state index in [4.69, 9.17) is 28.9 Å². The zero-order valence-electron chi connectivity index (χ0n) is 18.6. The SMILES string of the molecule is CN(C(=O)/C(=C\c1ccc(-c2ccc(Br)c(Cl)c2)s1)NC=S)C(C=O)Cc1ccccc1.CO. The molecular weight excluding hydrogens is 556 g/mol. The molecule has 1 unspecified atom stereocenters. The van der Waals surface area contributed by atoms with Gasteiger partial charge in [0.05, 0.1) is 16.6 Å². The quantitative estimate of drug-likeness (QED) is 0.196. The number of amides is 1. The lowest BCUT2D eigenvalue weighted by atomic mass is 10.1. The third-order valence-electron chi connectivity index (χ3n) is 4.82. The Balaban J connectivity index is 0.00000199. The lowest BCUT2D eigenvalue weighted by Gasteiger charge is -2.25. The van der Waals surface area contributed by atoms with E-state index in [9.17, 15) is 9.59 Å². The Kier molecular flexibility index (Phi) is 11.6. The fourth-order valence-corrected chi connectivity index (χ4v) is 4.58. The molecule has 3 rings (SSSR count). The van der Waals surface area contributed by atoms with Crippen molar-refractivity contribution in [3.05, 3.63) is 86.3 Å². The molecule has 5 nitrogen and oxygen atoms in total. The number of rotatable bonds is 9. The van der Waals surface area contributed by atoms with Crippen molar-refractivity contribution < 1.29 is 14.7 Å². The van der Waals surface area contributed by atoms with Crippen LogP contribution >= 0.6 is 51.1 Å². The Bertz CT molecular complexity index is 1150. The van der Waals surface area contributed by atoms with Crippen molar-refractivity contribution in [3.8, 4) is 10.4 Å². The molecule has 0 aliphatic heterocycles. The lowest BCUT2D eigenvalue weighted by Crippen LogP contribution is -2.42. The number of likely N-dealkylation sites (N-methyl/N-ethyl adjacent to an activating group) is 1. The molecule has 1 amide bonds. The summed E-state index contributed by atoms with van der Waals surface area (Å²) in [5.41, 5.74) is 3.55. The number of thiocarbonyl (C=S) groups is 1. The summed E-state index contributed by atoms with van der Waals surface area (Å²) in [5, 5.41) is 10.5. The van der Waals surface area contributed by atoms with Gasteiger partial charge in [-0.1, -0.05) is 60.2 Å². The number of nitrogens with zero attached hydrogens (tertiary/aromatic N) is 1. The highest BCUT2D eigenvalue weighted by molar-refractivity contribution is 9.10. The zero-order valence-corrected chi connectivity index (χ0v) is 22.5. The first-order valence-electron chi connectivity index (χ1n) is 10.1. The van der Waals surface area contributed by atoms with E-state index in [-0.39, 0.29) is 5.91 Å². The molecule has 2 N–H and O–H groups in total. The average Bonchev–Trinajstić information content (AvgIpc) is 3.33. The van der Waals surface area contributed by atoms with Crippen LogP contribution in [0.1, 0.15) is 10.4 Å². The van der Waals surface area contributed by atoms with Crippen LogP contribution in [0.4, 0.5) is 0 Å². The van der Waals surface area contributed by atoms with Crippen LogP contribution in [0.2, 0.25) is 5.02 Å². The number of hydrogen-bond acceptors (Lipinski definition) is 5. The topological polar surface area (TPSA) is 69.6 Å². The Morgan fingerprint density at radius 1 is 1.21 bits per heavy atom. The minimum Gasteiger partial charge on any atom is -0.400 e. The smallest absolute Gasteiger partial charge is 0.270 e. The molecule has 0 saturated carbocycles. The number of carbonyl (C=O) groups is 2. The van der Waals surface area contributed by atoms with Crippen LogP contribution in [-0.2, 0) is 16.0 Å². The van der Waals surface area contributed by atoms with Gasteiger partial charge in [-0.15, -0.1) is 11.3 Å².